The van der Waals surface area contributed by atoms with Crippen LogP contribution in [0.1, 0.15) is 21.7 Å². The highest BCUT2D eigenvalue weighted by atomic mass is 32.1. The molecule has 0 saturated carbocycles. The smallest absolute Gasteiger partial charge is 0.254 e. The number of aryl methyl sites for hydroxylation is 1. The van der Waals surface area contributed by atoms with E-state index in [4.69, 9.17) is 0 Å². The minimum Gasteiger partial charge on any atom is -0.346 e. The summed E-state index contributed by atoms with van der Waals surface area (Å²) in [6, 6.07) is 3.55. The fourth-order valence-corrected chi connectivity index (χ4v) is 3.29. The SMILES string of the molecule is Cc1cnc(N2CCCN(C(=O)c3ccncc3)CC2)s1. The third kappa shape index (κ3) is 3.21. The van der Waals surface area contributed by atoms with Crippen molar-refractivity contribution in [2.45, 2.75) is 13.3 Å². The van der Waals surface area contributed by atoms with Crippen molar-refractivity contribution in [1.29, 1.82) is 0 Å². The second-order valence-electron chi connectivity index (χ2n) is 5.12. The van der Waals surface area contributed by atoms with Crippen LogP contribution in [0.4, 0.5) is 5.13 Å². The van der Waals surface area contributed by atoms with Crippen molar-refractivity contribution in [2.24, 2.45) is 0 Å². The maximum Gasteiger partial charge on any atom is 0.254 e. The molecule has 3 heterocycles. The summed E-state index contributed by atoms with van der Waals surface area (Å²) in [7, 11) is 0. The van der Waals surface area contributed by atoms with Gasteiger partial charge in [0.2, 0.25) is 0 Å². The van der Waals surface area contributed by atoms with Gasteiger partial charge in [0.05, 0.1) is 0 Å². The summed E-state index contributed by atoms with van der Waals surface area (Å²) < 4.78 is 0. The second kappa shape index (κ2) is 6.22. The lowest BCUT2D eigenvalue weighted by atomic mass is 10.2. The zero-order valence-electron chi connectivity index (χ0n) is 12.0. The predicted molar refractivity (Wildman–Crippen MR) is 83.8 cm³/mol. The molecule has 0 N–H and O–H groups in total. The summed E-state index contributed by atoms with van der Waals surface area (Å²) in [5.74, 6) is 0.0922. The molecule has 2 aromatic rings. The Hall–Kier alpha value is -1.95. The first-order valence-electron chi connectivity index (χ1n) is 7.11. The van der Waals surface area contributed by atoms with Gasteiger partial charge in [-0.2, -0.15) is 0 Å². The van der Waals surface area contributed by atoms with Gasteiger partial charge in [-0.1, -0.05) is 0 Å². The summed E-state index contributed by atoms with van der Waals surface area (Å²) in [5, 5.41) is 1.06. The summed E-state index contributed by atoms with van der Waals surface area (Å²) >= 11 is 1.71. The molecule has 3 rings (SSSR count). The topological polar surface area (TPSA) is 49.3 Å². The van der Waals surface area contributed by atoms with Gasteiger partial charge in [-0.05, 0) is 25.5 Å². The van der Waals surface area contributed by atoms with Gasteiger partial charge in [0, 0.05) is 55.2 Å². The van der Waals surface area contributed by atoms with Gasteiger partial charge in [-0.3, -0.25) is 9.78 Å². The minimum atomic E-state index is 0.0922. The molecule has 0 atom stereocenters. The Kier molecular flexibility index (Phi) is 4.15. The van der Waals surface area contributed by atoms with E-state index in [1.54, 1.807) is 35.9 Å². The predicted octanol–water partition coefficient (Wildman–Crippen LogP) is 2.20. The Balaban J connectivity index is 1.67. The van der Waals surface area contributed by atoms with E-state index in [-0.39, 0.29) is 5.91 Å². The molecule has 110 valence electrons. The zero-order valence-corrected chi connectivity index (χ0v) is 12.8. The first-order chi connectivity index (χ1) is 10.2. The third-order valence-electron chi connectivity index (χ3n) is 3.59. The van der Waals surface area contributed by atoms with Crippen molar-refractivity contribution in [3.05, 3.63) is 41.2 Å². The molecule has 0 aromatic carbocycles. The van der Waals surface area contributed by atoms with E-state index < -0.39 is 0 Å². The highest BCUT2D eigenvalue weighted by Gasteiger charge is 2.21. The number of pyridine rings is 1. The fraction of sp³-hybridized carbons (Fsp3) is 0.400. The van der Waals surface area contributed by atoms with E-state index in [1.165, 1.54) is 4.88 Å². The molecule has 5 nitrogen and oxygen atoms in total. The van der Waals surface area contributed by atoms with E-state index >= 15 is 0 Å². The van der Waals surface area contributed by atoms with Crippen molar-refractivity contribution in [1.82, 2.24) is 14.9 Å². The molecule has 0 aliphatic carbocycles. The molecule has 1 fully saturated rings. The molecular weight excluding hydrogens is 284 g/mol. The zero-order chi connectivity index (χ0) is 14.7. The van der Waals surface area contributed by atoms with Gasteiger partial charge in [0.1, 0.15) is 0 Å². The summed E-state index contributed by atoms with van der Waals surface area (Å²) in [6.07, 6.45) is 6.20. The van der Waals surface area contributed by atoms with E-state index in [0.717, 1.165) is 37.7 Å². The molecule has 0 spiro atoms. The second-order valence-corrected chi connectivity index (χ2v) is 6.34. The minimum absolute atomic E-state index is 0.0922. The monoisotopic (exact) mass is 302 g/mol. The molecule has 21 heavy (non-hydrogen) atoms. The van der Waals surface area contributed by atoms with Crippen molar-refractivity contribution < 1.29 is 4.79 Å². The van der Waals surface area contributed by atoms with Gasteiger partial charge in [0.15, 0.2) is 5.13 Å². The Morgan fingerprint density at radius 1 is 1.19 bits per heavy atom. The Labute approximate surface area is 128 Å². The Morgan fingerprint density at radius 2 is 2.00 bits per heavy atom. The number of carbonyl (C=O) groups excluding carboxylic acids is 1. The average molecular weight is 302 g/mol. The van der Waals surface area contributed by atoms with E-state index in [2.05, 4.69) is 21.8 Å². The average Bonchev–Trinajstić information content (AvgIpc) is 2.81. The fourth-order valence-electron chi connectivity index (χ4n) is 2.48. The highest BCUT2D eigenvalue weighted by molar-refractivity contribution is 7.15. The van der Waals surface area contributed by atoms with Crippen LogP contribution in [0.3, 0.4) is 0 Å². The summed E-state index contributed by atoms with van der Waals surface area (Å²) in [4.78, 5) is 26.3. The first-order valence-corrected chi connectivity index (χ1v) is 7.92. The van der Waals surface area contributed by atoms with Crippen molar-refractivity contribution in [3.63, 3.8) is 0 Å². The van der Waals surface area contributed by atoms with Crippen LogP contribution in [0.5, 0.6) is 0 Å². The molecule has 1 saturated heterocycles. The van der Waals surface area contributed by atoms with Crippen molar-refractivity contribution in [2.75, 3.05) is 31.1 Å². The normalized spacial score (nSPS) is 15.9. The lowest BCUT2D eigenvalue weighted by Crippen LogP contribution is -2.35. The van der Waals surface area contributed by atoms with E-state index in [1.807, 2.05) is 11.1 Å². The van der Waals surface area contributed by atoms with Crippen LogP contribution in [0, 0.1) is 6.92 Å². The largest absolute Gasteiger partial charge is 0.346 e. The number of carbonyl (C=O) groups is 1. The lowest BCUT2D eigenvalue weighted by Gasteiger charge is -2.21. The van der Waals surface area contributed by atoms with Gasteiger partial charge < -0.3 is 9.80 Å². The van der Waals surface area contributed by atoms with Crippen LogP contribution < -0.4 is 4.90 Å². The van der Waals surface area contributed by atoms with Crippen LogP contribution in [0.25, 0.3) is 0 Å². The van der Waals surface area contributed by atoms with Crippen LogP contribution in [0.15, 0.2) is 30.7 Å². The number of thiazole rings is 1. The maximum absolute atomic E-state index is 12.5. The standard InChI is InChI=1S/C15H18N4OS/c1-12-11-17-15(21-12)19-8-2-7-18(9-10-19)14(20)13-3-5-16-6-4-13/h3-6,11H,2,7-10H2,1H3. The lowest BCUT2D eigenvalue weighted by molar-refractivity contribution is 0.0767. The van der Waals surface area contributed by atoms with E-state index in [0.29, 0.717) is 5.56 Å². The van der Waals surface area contributed by atoms with Crippen molar-refractivity contribution >= 4 is 22.4 Å². The summed E-state index contributed by atoms with van der Waals surface area (Å²) in [5.41, 5.74) is 0.712. The highest BCUT2D eigenvalue weighted by Crippen LogP contribution is 2.23. The Bertz CT molecular complexity index is 613. The molecule has 6 heteroatoms. The number of hydrogen-bond acceptors (Lipinski definition) is 5. The van der Waals surface area contributed by atoms with Crippen LogP contribution >= 0.6 is 11.3 Å². The molecule has 1 amide bonds. The van der Waals surface area contributed by atoms with Crippen molar-refractivity contribution in [3.8, 4) is 0 Å². The molecule has 1 aliphatic heterocycles. The third-order valence-corrected chi connectivity index (χ3v) is 4.56. The van der Waals surface area contributed by atoms with Crippen LogP contribution in [0.2, 0.25) is 0 Å². The molecular formula is C15H18N4OS. The number of amides is 1. The first kappa shape index (κ1) is 14.0. The molecule has 0 radical (unpaired) electrons. The van der Waals surface area contributed by atoms with Gasteiger partial charge in [-0.25, -0.2) is 4.98 Å². The molecule has 1 aliphatic rings. The number of rotatable bonds is 2. The number of nitrogens with zero attached hydrogens (tertiary/aromatic N) is 4. The van der Waals surface area contributed by atoms with E-state index in [9.17, 15) is 4.79 Å². The number of aromatic nitrogens is 2. The number of anilines is 1. The maximum atomic E-state index is 12.5. The molecule has 0 unspecified atom stereocenters. The number of hydrogen-bond donors (Lipinski definition) is 0. The van der Waals surface area contributed by atoms with Crippen LogP contribution in [-0.4, -0.2) is 47.0 Å². The van der Waals surface area contributed by atoms with Gasteiger partial charge in [-0.15, -0.1) is 11.3 Å². The van der Waals surface area contributed by atoms with Gasteiger partial charge in [0.25, 0.3) is 5.91 Å². The van der Waals surface area contributed by atoms with Gasteiger partial charge >= 0.3 is 0 Å². The Morgan fingerprint density at radius 3 is 2.71 bits per heavy atom. The molecule has 2 aromatic heterocycles. The quantitative estimate of drug-likeness (QED) is 0.853. The summed E-state index contributed by atoms with van der Waals surface area (Å²) in [6.45, 7) is 5.39. The molecule has 0 bridgehead atoms. The van der Waals surface area contributed by atoms with Crippen LogP contribution in [-0.2, 0) is 0 Å².